The number of carboxylic acids is 2. The molecular weight excluding hydrogens is 428 g/mol. The molecule has 31 heavy (non-hydrogen) atoms. The van der Waals surface area contributed by atoms with E-state index in [1.807, 2.05) is 0 Å². The maximum Gasteiger partial charge on any atom is 0.321 e. The zero-order valence-corrected chi connectivity index (χ0v) is 18.3. The summed E-state index contributed by atoms with van der Waals surface area (Å²) in [6.45, 7) is 0.748. The number of unbranched alkanes of at least 4 members (excludes halogenated alkanes) is 3. The van der Waals surface area contributed by atoms with Gasteiger partial charge in [0.25, 0.3) is 0 Å². The van der Waals surface area contributed by atoms with E-state index >= 15 is 0 Å². The number of thioether (sulfide) groups is 1. The minimum absolute atomic E-state index is 0.0512. The first kappa shape index (κ1) is 26.9. The van der Waals surface area contributed by atoms with Crippen molar-refractivity contribution in [2.75, 3.05) is 18.8 Å². The smallest absolute Gasteiger partial charge is 0.321 e. The number of carboxylic acid groups (broad SMARTS) is 2. The normalized spacial score (nSPS) is 18.1. The topological polar surface area (TPSA) is 193 Å². The van der Waals surface area contributed by atoms with Crippen LogP contribution in [0.15, 0.2) is 0 Å². The maximum absolute atomic E-state index is 12.3. The number of amides is 3. The Bertz CT molecular complexity index is 661. The Hall–Kier alpha value is -2.18. The monoisotopic (exact) mass is 460 g/mol. The molecule has 0 bridgehead atoms. The molecule has 3 amide bonds. The summed E-state index contributed by atoms with van der Waals surface area (Å²) in [7, 11) is 0. The third-order valence-corrected chi connectivity index (χ3v) is 6.19. The van der Waals surface area contributed by atoms with Gasteiger partial charge in [-0.25, -0.2) is 0 Å². The van der Waals surface area contributed by atoms with E-state index in [2.05, 4.69) is 5.32 Å². The van der Waals surface area contributed by atoms with E-state index in [4.69, 9.17) is 21.7 Å². The van der Waals surface area contributed by atoms with E-state index in [1.165, 1.54) is 4.90 Å². The van der Waals surface area contributed by atoms with Gasteiger partial charge in [0.2, 0.25) is 17.7 Å². The Balaban J connectivity index is 2.13. The molecule has 1 rings (SSSR count). The van der Waals surface area contributed by atoms with E-state index in [1.54, 1.807) is 0 Å². The van der Waals surface area contributed by atoms with E-state index < -0.39 is 29.3 Å². The first-order valence-electron chi connectivity index (χ1n) is 10.3. The molecule has 3 atom stereocenters. The minimum Gasteiger partial charge on any atom is -0.480 e. The molecule has 0 spiro atoms. The van der Waals surface area contributed by atoms with Crippen molar-refractivity contribution in [1.29, 1.82) is 0 Å². The van der Waals surface area contributed by atoms with Crippen LogP contribution in [0, 0.1) is 0 Å². The fraction of sp³-hybridized carbons (Fsp3) is 0.737. The quantitative estimate of drug-likeness (QED) is 0.148. The van der Waals surface area contributed by atoms with Gasteiger partial charge in [-0.1, -0.05) is 6.42 Å². The number of likely N-dealkylation sites (tertiary alicyclic amines) is 1. The second-order valence-electron chi connectivity index (χ2n) is 7.46. The van der Waals surface area contributed by atoms with E-state index in [0.717, 1.165) is 11.8 Å². The molecule has 1 fully saturated rings. The Morgan fingerprint density at radius 1 is 1.03 bits per heavy atom. The first-order valence-corrected chi connectivity index (χ1v) is 11.4. The van der Waals surface area contributed by atoms with Gasteiger partial charge in [0, 0.05) is 31.7 Å². The van der Waals surface area contributed by atoms with Gasteiger partial charge < -0.3 is 27.0 Å². The van der Waals surface area contributed by atoms with Crippen molar-refractivity contribution in [2.45, 2.75) is 68.7 Å². The number of nitrogens with zero attached hydrogens (tertiary/aromatic N) is 1. The van der Waals surface area contributed by atoms with E-state index in [0.29, 0.717) is 51.5 Å². The highest BCUT2D eigenvalue weighted by Crippen LogP contribution is 2.26. The number of hydrogen-bond acceptors (Lipinski definition) is 8. The van der Waals surface area contributed by atoms with Crippen molar-refractivity contribution in [2.24, 2.45) is 11.5 Å². The molecule has 1 unspecified atom stereocenters. The van der Waals surface area contributed by atoms with Gasteiger partial charge in [0.05, 0.1) is 5.25 Å². The molecule has 1 aliphatic rings. The van der Waals surface area contributed by atoms with Gasteiger partial charge >= 0.3 is 11.9 Å². The molecule has 7 N–H and O–H groups in total. The average molecular weight is 461 g/mol. The maximum atomic E-state index is 12.3. The highest BCUT2D eigenvalue weighted by molar-refractivity contribution is 8.00. The molecule has 1 saturated heterocycles. The lowest BCUT2D eigenvalue weighted by atomic mass is 10.1. The number of nitrogens with two attached hydrogens (primary N) is 2. The summed E-state index contributed by atoms with van der Waals surface area (Å²) >= 11 is 1.09. The van der Waals surface area contributed by atoms with E-state index in [9.17, 15) is 24.0 Å². The van der Waals surface area contributed by atoms with Crippen LogP contribution in [0.3, 0.4) is 0 Å². The lowest BCUT2D eigenvalue weighted by Gasteiger charge is -2.15. The number of imide groups is 1. The van der Waals surface area contributed by atoms with Crippen molar-refractivity contribution in [1.82, 2.24) is 10.2 Å². The molecule has 0 aromatic heterocycles. The molecule has 1 heterocycles. The van der Waals surface area contributed by atoms with E-state index in [-0.39, 0.29) is 36.4 Å². The number of aliphatic carboxylic acids is 2. The molecule has 0 saturated carbocycles. The van der Waals surface area contributed by atoms with Crippen LogP contribution in [0.1, 0.15) is 51.4 Å². The summed E-state index contributed by atoms with van der Waals surface area (Å²) in [6, 6.07) is -1.95. The third-order valence-electron chi connectivity index (χ3n) is 4.86. The summed E-state index contributed by atoms with van der Waals surface area (Å²) in [5.41, 5.74) is 10.8. The van der Waals surface area contributed by atoms with Gasteiger partial charge in [-0.3, -0.25) is 28.9 Å². The van der Waals surface area contributed by atoms with Crippen LogP contribution < -0.4 is 16.8 Å². The molecule has 1 aliphatic heterocycles. The van der Waals surface area contributed by atoms with Crippen LogP contribution in [0.25, 0.3) is 0 Å². The van der Waals surface area contributed by atoms with Crippen LogP contribution >= 0.6 is 11.8 Å². The number of rotatable bonds is 16. The zero-order valence-electron chi connectivity index (χ0n) is 17.5. The molecule has 0 aromatic rings. The van der Waals surface area contributed by atoms with Crippen LogP contribution in [-0.4, -0.2) is 80.9 Å². The third kappa shape index (κ3) is 10.1. The minimum atomic E-state index is -1.15. The highest BCUT2D eigenvalue weighted by atomic mass is 32.2. The molecule has 12 heteroatoms. The lowest BCUT2D eigenvalue weighted by Crippen LogP contribution is -2.35. The Kier molecular flexibility index (Phi) is 12.1. The van der Waals surface area contributed by atoms with Crippen molar-refractivity contribution in [3.63, 3.8) is 0 Å². The van der Waals surface area contributed by atoms with Crippen LogP contribution in [-0.2, 0) is 24.0 Å². The largest absolute Gasteiger partial charge is 0.480 e. The molecule has 176 valence electrons. The summed E-state index contributed by atoms with van der Waals surface area (Å²) in [4.78, 5) is 58.7. The van der Waals surface area contributed by atoms with Gasteiger partial charge in [-0.2, -0.15) is 0 Å². The Labute approximate surface area is 185 Å². The van der Waals surface area contributed by atoms with Gasteiger partial charge in [-0.15, -0.1) is 11.8 Å². The zero-order chi connectivity index (χ0) is 23.4. The SMILES string of the molecule is N[C@@H](CCCCNC(=O)CCCCCN1C(=O)CC(SC[C@H](N)C(=O)O)C1=O)C(=O)O. The summed E-state index contributed by atoms with van der Waals surface area (Å²) in [5.74, 6) is -2.79. The van der Waals surface area contributed by atoms with Gasteiger partial charge in [0.15, 0.2) is 0 Å². The molecule has 0 radical (unpaired) electrons. The lowest BCUT2D eigenvalue weighted by molar-refractivity contribution is -0.139. The summed E-state index contributed by atoms with van der Waals surface area (Å²) in [5, 5.41) is 19.6. The second-order valence-corrected chi connectivity index (χ2v) is 8.69. The number of nitrogens with one attached hydrogen (secondary N) is 1. The summed E-state index contributed by atoms with van der Waals surface area (Å²) < 4.78 is 0. The summed E-state index contributed by atoms with van der Waals surface area (Å²) in [6.07, 6.45) is 3.92. The van der Waals surface area contributed by atoms with Crippen molar-refractivity contribution in [3.05, 3.63) is 0 Å². The first-order chi connectivity index (χ1) is 14.6. The molecule has 11 nitrogen and oxygen atoms in total. The Morgan fingerprint density at radius 2 is 1.71 bits per heavy atom. The highest BCUT2D eigenvalue weighted by Gasteiger charge is 2.38. The Morgan fingerprint density at radius 3 is 2.35 bits per heavy atom. The molecule has 0 aliphatic carbocycles. The number of hydrogen-bond donors (Lipinski definition) is 5. The average Bonchev–Trinajstić information content (AvgIpc) is 2.98. The van der Waals surface area contributed by atoms with Gasteiger partial charge in [0.1, 0.15) is 12.1 Å². The number of carbonyl (C=O) groups is 5. The second kappa shape index (κ2) is 14.0. The number of carbonyl (C=O) groups excluding carboxylic acids is 3. The predicted octanol–water partition coefficient (Wildman–Crippen LogP) is -0.482. The standard InChI is InChI=1S/C19H32N4O7S/c20-12(18(27)28)6-3-4-8-22-15(24)7-2-1-5-9-23-16(25)10-14(17(23)26)31-11-13(21)19(29)30/h12-14H,1-11,20-21H2,(H,22,24)(H,27,28)(H,29,30)/t12-,13-,14?/m0/s1. The predicted molar refractivity (Wildman–Crippen MR) is 114 cm³/mol. The van der Waals surface area contributed by atoms with Crippen molar-refractivity contribution >= 4 is 41.4 Å². The molecular formula is C19H32N4O7S. The van der Waals surface area contributed by atoms with Crippen molar-refractivity contribution in [3.8, 4) is 0 Å². The molecule has 0 aromatic carbocycles. The van der Waals surface area contributed by atoms with Crippen LogP contribution in [0.5, 0.6) is 0 Å². The van der Waals surface area contributed by atoms with Crippen molar-refractivity contribution < 1.29 is 34.2 Å². The van der Waals surface area contributed by atoms with Crippen LogP contribution in [0.4, 0.5) is 0 Å². The fourth-order valence-corrected chi connectivity index (χ4v) is 4.08. The van der Waals surface area contributed by atoms with Crippen LogP contribution in [0.2, 0.25) is 0 Å². The van der Waals surface area contributed by atoms with Gasteiger partial charge in [-0.05, 0) is 32.1 Å². The fourth-order valence-electron chi connectivity index (χ4n) is 2.97.